The quantitative estimate of drug-likeness (QED) is 0.142. The van der Waals surface area contributed by atoms with Gasteiger partial charge in [-0.15, -0.1) is 0 Å². The molecule has 7 heterocycles. The summed E-state index contributed by atoms with van der Waals surface area (Å²) in [5.41, 5.74) is 31.3. The van der Waals surface area contributed by atoms with Gasteiger partial charge in [-0.3, -0.25) is 8.80 Å². The molecule has 0 fully saturated rings. The first kappa shape index (κ1) is 64.7. The number of nitrogens with zero attached hydrogens (tertiary/aromatic N) is 6. The molecular weight excluding hydrogens is 1400 g/mol. The second kappa shape index (κ2) is 24.9. The van der Waals surface area contributed by atoms with Gasteiger partial charge in [0.1, 0.15) is 22.5 Å². The number of rotatable bonds is 8. The molecule has 24 aromatic rings. The number of anilines is 3. The van der Waals surface area contributed by atoms with Crippen LogP contribution in [-0.4, -0.2) is 23.3 Å². The molecule has 17 aromatic carbocycles. The first-order valence-corrected chi connectivity index (χ1v) is 39.4. The van der Waals surface area contributed by atoms with Gasteiger partial charge in [-0.05, 0) is 185 Å². The lowest BCUT2D eigenvalue weighted by atomic mass is 9.82. The highest BCUT2D eigenvalue weighted by Crippen LogP contribution is 2.52. The van der Waals surface area contributed by atoms with Crippen LogP contribution >= 0.6 is 0 Å². The highest BCUT2D eigenvalue weighted by molar-refractivity contribution is 6.27. The number of benzene rings is 17. The lowest BCUT2D eigenvalue weighted by Gasteiger charge is -2.28. The van der Waals surface area contributed by atoms with Gasteiger partial charge in [0, 0.05) is 82.0 Å². The van der Waals surface area contributed by atoms with Crippen LogP contribution in [0.5, 0.6) is 0 Å². The van der Waals surface area contributed by atoms with Crippen molar-refractivity contribution in [3.05, 3.63) is 388 Å². The van der Waals surface area contributed by atoms with Crippen molar-refractivity contribution < 1.29 is 8.83 Å². The topological polar surface area (TPSA) is 69.1 Å². The lowest BCUT2D eigenvalue weighted by Crippen LogP contribution is -2.16. The maximum atomic E-state index is 6.33. The average Bonchev–Trinajstić information content (AvgIpc) is 1.55. The molecule has 0 bridgehead atoms. The molecule has 7 aromatic heterocycles. The molecule has 115 heavy (non-hydrogen) atoms. The lowest BCUT2D eigenvalue weighted by molar-refractivity contribution is 0.660. The fourth-order valence-corrected chi connectivity index (χ4v) is 18.9. The number of para-hydroxylation sites is 5. The van der Waals surface area contributed by atoms with Crippen LogP contribution in [0.3, 0.4) is 0 Å². The third kappa shape index (κ3) is 9.98. The molecule has 0 aliphatic heterocycles. The predicted molar refractivity (Wildman–Crippen MR) is 478 cm³/mol. The Kier molecular flexibility index (Phi) is 14.0. The van der Waals surface area contributed by atoms with E-state index in [4.69, 9.17) is 18.8 Å². The minimum atomic E-state index is -0.0768. The van der Waals surface area contributed by atoms with Crippen LogP contribution in [0.2, 0.25) is 0 Å². The molecule has 538 valence electrons. The molecule has 8 heteroatoms. The van der Waals surface area contributed by atoms with Crippen LogP contribution in [0.4, 0.5) is 17.1 Å². The van der Waals surface area contributed by atoms with E-state index in [2.05, 4.69) is 384 Å². The van der Waals surface area contributed by atoms with Gasteiger partial charge in [0.15, 0.2) is 11.2 Å². The number of fused-ring (bicyclic) bond motifs is 28. The van der Waals surface area contributed by atoms with Crippen LogP contribution in [0, 0.1) is 0 Å². The Labute approximate surface area is 660 Å². The van der Waals surface area contributed by atoms with Crippen molar-refractivity contribution in [1.29, 1.82) is 0 Å². The summed E-state index contributed by atoms with van der Waals surface area (Å²) in [4.78, 5) is 12.8. The molecule has 0 radical (unpaired) electrons. The zero-order valence-electron chi connectivity index (χ0n) is 62.8. The summed E-state index contributed by atoms with van der Waals surface area (Å²) in [5.74, 6) is 0. The number of aromatic nitrogens is 5. The van der Waals surface area contributed by atoms with Gasteiger partial charge in [0.05, 0.1) is 45.5 Å². The normalized spacial score (nSPS) is 12.7. The second-order valence-electron chi connectivity index (χ2n) is 31.2. The Morgan fingerprint density at radius 3 is 1.16 bits per heavy atom. The van der Waals surface area contributed by atoms with E-state index in [1.54, 1.807) is 0 Å². The molecule has 8 nitrogen and oxygen atoms in total. The van der Waals surface area contributed by atoms with E-state index in [1.807, 2.05) is 24.3 Å². The fourth-order valence-electron chi connectivity index (χ4n) is 18.9. The van der Waals surface area contributed by atoms with Gasteiger partial charge >= 0.3 is 0 Å². The summed E-state index contributed by atoms with van der Waals surface area (Å²) in [6.07, 6.45) is 4.22. The zero-order valence-corrected chi connectivity index (χ0v) is 62.8. The van der Waals surface area contributed by atoms with E-state index in [0.717, 1.165) is 111 Å². The third-order valence-electron chi connectivity index (χ3n) is 24.5. The molecule has 0 spiro atoms. The van der Waals surface area contributed by atoms with Crippen molar-refractivity contribution in [2.45, 2.75) is 19.3 Å². The summed E-state index contributed by atoms with van der Waals surface area (Å²) in [5, 5.41) is 16.4. The Hall–Kier alpha value is -15.1. The standard InChI is InChI=1S/C58H39N3O.C49H29N3O/c1-58(2)51-18-10-8-15-44(51)45-31-29-42(33-52(45)58)61(40-12-4-3-5-13-40)41-27-24-37(25-28-41)36-20-22-38(23-21-36)39-26-30-48-49(32-39)43-14-6-7-17-47(43)56-57(48)60-35-54-50(34-55(60)59-56)46-16-9-11-19-53(46)62-54;1-2-13-39-35(9-1)41-27-33(23-26-40(41)49-48(39)50-47-28-42-38-12-5-8-16-45(38)53-46(42)29-51(47)49)32-19-17-30(18-20-32)31-21-24-34(25-22-31)52-43-14-6-3-10-36(43)37-11-4-7-15-44(37)52/h3-35H,1-2H3;1-29H. The maximum Gasteiger partial charge on any atom is 0.152 e. The summed E-state index contributed by atoms with van der Waals surface area (Å²) in [7, 11) is 0. The minimum absolute atomic E-state index is 0.0768. The van der Waals surface area contributed by atoms with Crippen LogP contribution < -0.4 is 4.90 Å². The van der Waals surface area contributed by atoms with E-state index in [1.165, 1.54) is 121 Å². The smallest absolute Gasteiger partial charge is 0.152 e. The van der Waals surface area contributed by atoms with E-state index in [9.17, 15) is 0 Å². The van der Waals surface area contributed by atoms with Crippen molar-refractivity contribution in [2.24, 2.45) is 0 Å². The monoisotopic (exact) mass is 1470 g/mol. The molecule has 0 atom stereocenters. The van der Waals surface area contributed by atoms with Crippen molar-refractivity contribution >= 4 is 159 Å². The second-order valence-corrected chi connectivity index (χ2v) is 31.2. The molecule has 1 aliphatic carbocycles. The Morgan fingerprint density at radius 2 is 0.643 bits per heavy atom. The SMILES string of the molecule is CC1(C)c2ccccc2-c2ccc(N(c3ccccc3)c3ccc(-c4ccc(-c5ccc6c(c5)c5ccccc5c5nc7cc8c(cn7c65)oc5ccccc58)cc4)cc3)cc21.c1ccc2c(c1)oc1cn3c(cc12)nc1c2ccccc2c2cc(-c4ccc(-c5ccc(-n6c7ccccc7c7ccccc76)cc5)cc4)ccc2c13. The number of imidazole rings is 2. The highest BCUT2D eigenvalue weighted by Gasteiger charge is 2.36. The largest absolute Gasteiger partial charge is 0.455 e. The Morgan fingerprint density at radius 1 is 0.261 bits per heavy atom. The van der Waals surface area contributed by atoms with Gasteiger partial charge in [0.25, 0.3) is 0 Å². The molecule has 0 saturated carbocycles. The maximum absolute atomic E-state index is 6.33. The summed E-state index contributed by atoms with van der Waals surface area (Å²) >= 11 is 0. The summed E-state index contributed by atoms with van der Waals surface area (Å²) in [6, 6.07) is 131. The van der Waals surface area contributed by atoms with Gasteiger partial charge in [0.2, 0.25) is 0 Å². The first-order valence-electron chi connectivity index (χ1n) is 39.4. The molecule has 0 saturated heterocycles. The van der Waals surface area contributed by atoms with Crippen LogP contribution in [-0.2, 0) is 5.41 Å². The zero-order chi connectivity index (χ0) is 75.7. The Balaban J connectivity index is 0.000000134. The van der Waals surface area contributed by atoms with Gasteiger partial charge in [-0.2, -0.15) is 0 Å². The number of hydrogen-bond acceptors (Lipinski definition) is 5. The molecule has 25 rings (SSSR count). The molecule has 1 aliphatic rings. The van der Waals surface area contributed by atoms with Crippen molar-refractivity contribution in [2.75, 3.05) is 4.90 Å². The minimum Gasteiger partial charge on any atom is -0.455 e. The number of furan rings is 2. The third-order valence-corrected chi connectivity index (χ3v) is 24.5. The van der Waals surface area contributed by atoms with E-state index < -0.39 is 0 Å². The summed E-state index contributed by atoms with van der Waals surface area (Å²) in [6.45, 7) is 4.69. The number of pyridine rings is 2. The van der Waals surface area contributed by atoms with E-state index >= 15 is 0 Å². The van der Waals surface area contributed by atoms with Gasteiger partial charge in [-0.25, -0.2) is 9.97 Å². The van der Waals surface area contributed by atoms with Gasteiger partial charge in [-0.1, -0.05) is 281 Å². The van der Waals surface area contributed by atoms with Gasteiger partial charge < -0.3 is 18.3 Å². The molecular formula is C107H68N6O2. The van der Waals surface area contributed by atoms with Crippen LogP contribution in [0.25, 0.3) is 203 Å². The van der Waals surface area contributed by atoms with Crippen molar-refractivity contribution in [1.82, 2.24) is 23.3 Å². The predicted octanol–water partition coefficient (Wildman–Crippen LogP) is 28.9. The molecule has 0 N–H and O–H groups in total. The average molecular weight is 1470 g/mol. The molecule has 0 unspecified atom stereocenters. The van der Waals surface area contributed by atoms with Crippen LogP contribution in [0.1, 0.15) is 25.0 Å². The van der Waals surface area contributed by atoms with Crippen molar-refractivity contribution in [3.63, 3.8) is 0 Å². The fraction of sp³-hybridized carbons (Fsp3) is 0.0280. The van der Waals surface area contributed by atoms with E-state index in [0.29, 0.717) is 0 Å². The van der Waals surface area contributed by atoms with Crippen molar-refractivity contribution in [3.8, 4) is 61.3 Å². The summed E-state index contributed by atoms with van der Waals surface area (Å²) < 4.78 is 19.4. The Bertz CT molecular complexity index is 8110. The van der Waals surface area contributed by atoms with E-state index in [-0.39, 0.29) is 5.41 Å². The van der Waals surface area contributed by atoms with Crippen LogP contribution in [0.15, 0.2) is 385 Å². The first-order chi connectivity index (χ1) is 56.7. The molecule has 0 amide bonds. The highest BCUT2D eigenvalue weighted by atomic mass is 16.3. The number of hydrogen-bond donors (Lipinski definition) is 0.